The summed E-state index contributed by atoms with van der Waals surface area (Å²) in [5.74, 6) is 0.874. The minimum absolute atomic E-state index is 0.00656. The average Bonchev–Trinajstić information content (AvgIpc) is 3.04. The fourth-order valence-electron chi connectivity index (χ4n) is 2.95. The van der Waals surface area contributed by atoms with Crippen LogP contribution in [0.5, 0.6) is 0 Å². The van der Waals surface area contributed by atoms with Crippen LogP contribution < -0.4 is 5.32 Å². The van der Waals surface area contributed by atoms with Crippen molar-refractivity contribution in [3.8, 4) is 0 Å². The van der Waals surface area contributed by atoms with Crippen molar-refractivity contribution in [1.29, 1.82) is 0 Å². The fraction of sp³-hybridized carbons (Fsp3) is 0.611. The van der Waals surface area contributed by atoms with Crippen LogP contribution >= 0.6 is 11.6 Å². The first-order valence-corrected chi connectivity index (χ1v) is 8.81. The van der Waals surface area contributed by atoms with Crippen LogP contribution in [0.3, 0.4) is 0 Å². The molecule has 1 saturated heterocycles. The molecule has 2 rings (SSSR count). The van der Waals surface area contributed by atoms with Gasteiger partial charge in [0.15, 0.2) is 0 Å². The number of carbonyl (C=O) groups excluding carboxylic acids is 1. The first-order chi connectivity index (χ1) is 10.6. The molecule has 4 heteroatoms. The van der Waals surface area contributed by atoms with Crippen LogP contribution in [0.1, 0.15) is 49.0 Å². The van der Waals surface area contributed by atoms with Gasteiger partial charge in [-0.05, 0) is 56.0 Å². The summed E-state index contributed by atoms with van der Waals surface area (Å²) in [6, 6.07) is 7.77. The van der Waals surface area contributed by atoms with Crippen molar-refractivity contribution in [2.24, 2.45) is 5.92 Å². The maximum Gasteiger partial charge on any atom is 0.251 e. The SMILES string of the molecule is CC(C)C(CCN1CCCC1)NC(=O)c1cccc(CCl)c1. The largest absolute Gasteiger partial charge is 0.349 e. The predicted molar refractivity (Wildman–Crippen MR) is 92.4 cm³/mol. The van der Waals surface area contributed by atoms with E-state index in [4.69, 9.17) is 11.6 Å². The summed E-state index contributed by atoms with van der Waals surface area (Å²) in [6.45, 7) is 7.83. The average molecular weight is 323 g/mol. The number of nitrogens with zero attached hydrogens (tertiary/aromatic N) is 1. The number of hydrogen-bond donors (Lipinski definition) is 1. The molecule has 0 bridgehead atoms. The van der Waals surface area contributed by atoms with Crippen LogP contribution in [0.15, 0.2) is 24.3 Å². The first-order valence-electron chi connectivity index (χ1n) is 8.28. The number of nitrogens with one attached hydrogen (secondary N) is 1. The molecule has 1 aliphatic rings. The van der Waals surface area contributed by atoms with E-state index in [9.17, 15) is 4.79 Å². The molecular formula is C18H27ClN2O. The molecule has 1 atom stereocenters. The lowest BCUT2D eigenvalue weighted by Crippen LogP contribution is -2.40. The minimum Gasteiger partial charge on any atom is -0.349 e. The summed E-state index contributed by atoms with van der Waals surface area (Å²) in [4.78, 5) is 15.0. The molecule has 1 aromatic rings. The summed E-state index contributed by atoms with van der Waals surface area (Å²) >= 11 is 5.84. The lowest BCUT2D eigenvalue weighted by molar-refractivity contribution is 0.0919. The third-order valence-electron chi connectivity index (χ3n) is 4.42. The van der Waals surface area contributed by atoms with E-state index in [0.717, 1.165) is 18.5 Å². The Morgan fingerprint density at radius 1 is 1.32 bits per heavy atom. The van der Waals surface area contributed by atoms with Crippen molar-refractivity contribution in [2.75, 3.05) is 19.6 Å². The second-order valence-electron chi connectivity index (χ2n) is 6.50. The molecule has 0 aromatic heterocycles. The van der Waals surface area contributed by atoms with Crippen molar-refractivity contribution in [2.45, 2.75) is 45.0 Å². The van der Waals surface area contributed by atoms with Gasteiger partial charge in [0.05, 0.1) is 0 Å². The van der Waals surface area contributed by atoms with Gasteiger partial charge in [-0.15, -0.1) is 11.6 Å². The number of hydrogen-bond acceptors (Lipinski definition) is 2. The standard InChI is InChI=1S/C18H27ClN2O/c1-14(2)17(8-11-21-9-3-4-10-21)20-18(22)16-7-5-6-15(12-16)13-19/h5-7,12,14,17H,3-4,8-11,13H2,1-2H3,(H,20,22). The molecule has 1 aromatic carbocycles. The molecular weight excluding hydrogens is 296 g/mol. The van der Waals surface area contributed by atoms with Crippen molar-refractivity contribution in [3.05, 3.63) is 35.4 Å². The second-order valence-corrected chi connectivity index (χ2v) is 6.76. The summed E-state index contributed by atoms with van der Waals surface area (Å²) < 4.78 is 0. The normalized spacial score (nSPS) is 16.9. The highest BCUT2D eigenvalue weighted by Gasteiger charge is 2.19. The van der Waals surface area contributed by atoms with Crippen LogP contribution in [0.25, 0.3) is 0 Å². The molecule has 1 heterocycles. The Labute approximate surface area is 139 Å². The highest BCUT2D eigenvalue weighted by molar-refractivity contribution is 6.17. The van der Waals surface area contributed by atoms with Crippen molar-refractivity contribution in [1.82, 2.24) is 10.2 Å². The quantitative estimate of drug-likeness (QED) is 0.777. The number of alkyl halides is 1. The Hall–Kier alpha value is -1.06. The van der Waals surface area contributed by atoms with E-state index in [2.05, 4.69) is 24.1 Å². The fourth-order valence-corrected chi connectivity index (χ4v) is 3.11. The zero-order chi connectivity index (χ0) is 15.9. The molecule has 1 fully saturated rings. The Morgan fingerprint density at radius 2 is 2.05 bits per heavy atom. The van der Waals surface area contributed by atoms with E-state index in [-0.39, 0.29) is 11.9 Å². The molecule has 1 unspecified atom stereocenters. The Balaban J connectivity index is 1.92. The highest BCUT2D eigenvalue weighted by atomic mass is 35.5. The molecule has 0 radical (unpaired) electrons. The van der Waals surface area contributed by atoms with Gasteiger partial charge in [-0.3, -0.25) is 4.79 Å². The molecule has 1 aliphatic heterocycles. The van der Waals surface area contributed by atoms with E-state index < -0.39 is 0 Å². The van der Waals surface area contributed by atoms with E-state index >= 15 is 0 Å². The first kappa shape index (κ1) is 17.3. The van der Waals surface area contributed by atoms with E-state index in [0.29, 0.717) is 17.4 Å². The summed E-state index contributed by atoms with van der Waals surface area (Å²) in [7, 11) is 0. The second kappa shape index (κ2) is 8.54. The zero-order valence-corrected chi connectivity index (χ0v) is 14.4. The van der Waals surface area contributed by atoms with Crippen LogP contribution in [-0.4, -0.2) is 36.5 Å². The van der Waals surface area contributed by atoms with Gasteiger partial charge in [0.1, 0.15) is 0 Å². The predicted octanol–water partition coefficient (Wildman–Crippen LogP) is 3.67. The maximum absolute atomic E-state index is 12.5. The van der Waals surface area contributed by atoms with Crippen LogP contribution in [0, 0.1) is 5.92 Å². The smallest absolute Gasteiger partial charge is 0.251 e. The van der Waals surface area contributed by atoms with Gasteiger partial charge in [-0.25, -0.2) is 0 Å². The third kappa shape index (κ3) is 4.99. The van der Waals surface area contributed by atoms with Crippen LogP contribution in [0.4, 0.5) is 0 Å². The molecule has 0 saturated carbocycles. The van der Waals surface area contributed by atoms with Gasteiger partial charge in [0, 0.05) is 24.0 Å². The topological polar surface area (TPSA) is 32.3 Å². The third-order valence-corrected chi connectivity index (χ3v) is 4.73. The van der Waals surface area contributed by atoms with Crippen LogP contribution in [0.2, 0.25) is 0 Å². The summed E-state index contributed by atoms with van der Waals surface area (Å²) in [5.41, 5.74) is 1.68. The number of rotatable bonds is 7. The van der Waals surface area contributed by atoms with Gasteiger partial charge in [-0.1, -0.05) is 26.0 Å². The van der Waals surface area contributed by atoms with Crippen molar-refractivity contribution >= 4 is 17.5 Å². The molecule has 1 N–H and O–H groups in total. The van der Waals surface area contributed by atoms with Crippen molar-refractivity contribution in [3.63, 3.8) is 0 Å². The minimum atomic E-state index is 0.00656. The molecule has 3 nitrogen and oxygen atoms in total. The number of likely N-dealkylation sites (tertiary alicyclic amines) is 1. The van der Waals surface area contributed by atoms with Gasteiger partial charge in [-0.2, -0.15) is 0 Å². The lowest BCUT2D eigenvalue weighted by Gasteiger charge is -2.25. The van der Waals surface area contributed by atoms with Gasteiger partial charge in [0.2, 0.25) is 0 Å². The number of carbonyl (C=O) groups is 1. The van der Waals surface area contributed by atoms with Crippen molar-refractivity contribution < 1.29 is 4.79 Å². The maximum atomic E-state index is 12.5. The lowest BCUT2D eigenvalue weighted by atomic mass is 10.00. The van der Waals surface area contributed by atoms with Gasteiger partial charge < -0.3 is 10.2 Å². The monoisotopic (exact) mass is 322 g/mol. The summed E-state index contributed by atoms with van der Waals surface area (Å²) in [5, 5.41) is 3.20. The Morgan fingerprint density at radius 3 is 2.68 bits per heavy atom. The number of amides is 1. The highest BCUT2D eigenvalue weighted by Crippen LogP contribution is 2.14. The molecule has 0 spiro atoms. The molecule has 0 aliphatic carbocycles. The van der Waals surface area contributed by atoms with E-state index in [1.807, 2.05) is 24.3 Å². The van der Waals surface area contributed by atoms with Gasteiger partial charge in [0.25, 0.3) is 5.91 Å². The van der Waals surface area contributed by atoms with Gasteiger partial charge >= 0.3 is 0 Å². The zero-order valence-electron chi connectivity index (χ0n) is 13.6. The molecule has 1 amide bonds. The molecule has 122 valence electrons. The Bertz CT molecular complexity index is 484. The molecule has 22 heavy (non-hydrogen) atoms. The number of halogens is 1. The Kier molecular flexibility index (Phi) is 6.71. The van der Waals surface area contributed by atoms with E-state index in [1.54, 1.807) is 0 Å². The summed E-state index contributed by atoms with van der Waals surface area (Å²) in [6.07, 6.45) is 3.63. The van der Waals surface area contributed by atoms with Crippen LogP contribution in [-0.2, 0) is 5.88 Å². The number of benzene rings is 1. The van der Waals surface area contributed by atoms with E-state index in [1.165, 1.54) is 25.9 Å².